The predicted octanol–water partition coefficient (Wildman–Crippen LogP) is 0.301. The normalized spacial score (nSPS) is 24.4. The molecule has 0 aromatic carbocycles. The molecule has 0 spiro atoms. The summed E-state index contributed by atoms with van der Waals surface area (Å²) in [5, 5.41) is 8.03. The quantitative estimate of drug-likeness (QED) is 0.786. The van der Waals surface area contributed by atoms with Crippen LogP contribution in [-0.2, 0) is 0 Å². The van der Waals surface area contributed by atoms with E-state index in [4.69, 9.17) is 10.5 Å². The lowest BCUT2D eigenvalue weighted by atomic mass is 9.90. The van der Waals surface area contributed by atoms with Crippen LogP contribution in [0.3, 0.4) is 0 Å². The molecule has 84 valence electrons. The SMILES string of the molecule is Cc1nnc2c(OC3CC(N)C3)nccn12. The smallest absolute Gasteiger partial charge is 0.260 e. The molecule has 3 rings (SSSR count). The van der Waals surface area contributed by atoms with Crippen LogP contribution in [0, 0.1) is 6.92 Å². The summed E-state index contributed by atoms with van der Waals surface area (Å²) in [6, 6.07) is 0.268. The molecule has 2 N–H and O–H groups in total. The van der Waals surface area contributed by atoms with E-state index in [1.165, 1.54) is 0 Å². The third kappa shape index (κ3) is 1.42. The number of fused-ring (bicyclic) bond motifs is 1. The van der Waals surface area contributed by atoms with Crippen LogP contribution in [0.25, 0.3) is 5.65 Å². The molecule has 6 nitrogen and oxygen atoms in total. The minimum absolute atomic E-state index is 0.172. The third-order valence-corrected chi connectivity index (χ3v) is 2.87. The molecule has 1 aliphatic carbocycles. The van der Waals surface area contributed by atoms with Crippen molar-refractivity contribution < 1.29 is 4.74 Å². The highest BCUT2D eigenvalue weighted by Crippen LogP contribution is 2.25. The minimum atomic E-state index is 0.172. The summed E-state index contributed by atoms with van der Waals surface area (Å²) < 4.78 is 7.59. The lowest BCUT2D eigenvalue weighted by molar-refractivity contribution is 0.0969. The first-order chi connectivity index (χ1) is 7.74. The van der Waals surface area contributed by atoms with Gasteiger partial charge in [0.2, 0.25) is 5.65 Å². The molecule has 1 saturated carbocycles. The summed E-state index contributed by atoms with van der Waals surface area (Å²) in [5.41, 5.74) is 6.37. The van der Waals surface area contributed by atoms with Crippen LogP contribution in [0.2, 0.25) is 0 Å². The minimum Gasteiger partial charge on any atom is -0.472 e. The Kier molecular flexibility index (Phi) is 2.03. The van der Waals surface area contributed by atoms with Gasteiger partial charge in [0.25, 0.3) is 5.88 Å². The van der Waals surface area contributed by atoms with E-state index in [-0.39, 0.29) is 12.1 Å². The van der Waals surface area contributed by atoms with Crippen LogP contribution in [0.5, 0.6) is 5.88 Å². The van der Waals surface area contributed by atoms with Gasteiger partial charge in [-0.2, -0.15) is 0 Å². The highest BCUT2D eigenvalue weighted by Gasteiger charge is 2.28. The van der Waals surface area contributed by atoms with Gasteiger partial charge in [-0.1, -0.05) is 0 Å². The molecule has 0 radical (unpaired) electrons. The Morgan fingerprint density at radius 1 is 1.44 bits per heavy atom. The molecule has 1 aliphatic rings. The first kappa shape index (κ1) is 9.53. The van der Waals surface area contributed by atoms with Gasteiger partial charge in [0.1, 0.15) is 11.9 Å². The van der Waals surface area contributed by atoms with E-state index in [1.807, 2.05) is 17.5 Å². The maximum Gasteiger partial charge on any atom is 0.260 e. The van der Waals surface area contributed by atoms with E-state index in [1.54, 1.807) is 6.20 Å². The van der Waals surface area contributed by atoms with E-state index in [9.17, 15) is 0 Å². The molecule has 0 saturated heterocycles. The maximum absolute atomic E-state index is 5.73. The molecule has 2 aromatic heterocycles. The number of aromatic nitrogens is 4. The van der Waals surface area contributed by atoms with Gasteiger partial charge in [-0.25, -0.2) is 4.98 Å². The second kappa shape index (κ2) is 3.41. The largest absolute Gasteiger partial charge is 0.472 e. The van der Waals surface area contributed by atoms with Crippen molar-refractivity contribution in [2.45, 2.75) is 31.9 Å². The van der Waals surface area contributed by atoms with Gasteiger partial charge < -0.3 is 10.5 Å². The van der Waals surface area contributed by atoms with Crippen LogP contribution < -0.4 is 10.5 Å². The van der Waals surface area contributed by atoms with Crippen molar-refractivity contribution in [1.82, 2.24) is 19.6 Å². The van der Waals surface area contributed by atoms with Crippen LogP contribution in [-0.4, -0.2) is 31.7 Å². The van der Waals surface area contributed by atoms with Crippen molar-refractivity contribution in [3.05, 3.63) is 18.2 Å². The Morgan fingerprint density at radius 3 is 3.00 bits per heavy atom. The summed E-state index contributed by atoms with van der Waals surface area (Å²) >= 11 is 0. The standard InChI is InChI=1S/C10H13N5O/c1-6-13-14-9-10(12-2-3-15(6)9)16-8-4-7(11)5-8/h2-3,7-8H,4-5,11H2,1H3. The van der Waals surface area contributed by atoms with E-state index in [2.05, 4.69) is 15.2 Å². The highest BCUT2D eigenvalue weighted by atomic mass is 16.5. The van der Waals surface area contributed by atoms with E-state index in [0.29, 0.717) is 11.5 Å². The van der Waals surface area contributed by atoms with Gasteiger partial charge in [0.05, 0.1) is 0 Å². The third-order valence-electron chi connectivity index (χ3n) is 2.87. The number of hydrogen-bond donors (Lipinski definition) is 1. The topological polar surface area (TPSA) is 78.3 Å². The van der Waals surface area contributed by atoms with Crippen LogP contribution in [0.4, 0.5) is 0 Å². The fourth-order valence-corrected chi connectivity index (χ4v) is 1.86. The van der Waals surface area contributed by atoms with E-state index < -0.39 is 0 Å². The summed E-state index contributed by atoms with van der Waals surface area (Å²) in [6.07, 6.45) is 5.46. The van der Waals surface area contributed by atoms with Gasteiger partial charge in [0.15, 0.2) is 0 Å². The maximum atomic E-state index is 5.73. The molecular formula is C10H13N5O. The summed E-state index contributed by atoms with van der Waals surface area (Å²) in [5.74, 6) is 1.37. The second-order valence-electron chi connectivity index (χ2n) is 4.14. The molecule has 2 heterocycles. The highest BCUT2D eigenvalue weighted by molar-refractivity contribution is 5.48. The van der Waals surface area contributed by atoms with Crippen molar-refractivity contribution in [2.75, 3.05) is 0 Å². The van der Waals surface area contributed by atoms with Crippen molar-refractivity contribution >= 4 is 5.65 Å². The second-order valence-corrected chi connectivity index (χ2v) is 4.14. The first-order valence-electron chi connectivity index (χ1n) is 5.32. The zero-order valence-corrected chi connectivity index (χ0v) is 9.00. The molecule has 0 aliphatic heterocycles. The zero-order chi connectivity index (χ0) is 11.1. The summed E-state index contributed by atoms with van der Waals surface area (Å²) in [6.45, 7) is 1.89. The number of hydrogen-bond acceptors (Lipinski definition) is 5. The van der Waals surface area contributed by atoms with E-state index >= 15 is 0 Å². The van der Waals surface area contributed by atoms with Crippen LogP contribution in [0.1, 0.15) is 18.7 Å². The predicted molar refractivity (Wildman–Crippen MR) is 57.1 cm³/mol. The molecule has 16 heavy (non-hydrogen) atoms. The molecule has 0 bridgehead atoms. The number of nitrogens with two attached hydrogens (primary N) is 1. The fraction of sp³-hybridized carbons (Fsp3) is 0.500. The van der Waals surface area contributed by atoms with Gasteiger partial charge >= 0.3 is 0 Å². The number of ether oxygens (including phenoxy) is 1. The Balaban J connectivity index is 1.91. The number of aryl methyl sites for hydroxylation is 1. The monoisotopic (exact) mass is 219 g/mol. The molecule has 0 amide bonds. The Morgan fingerprint density at radius 2 is 2.25 bits per heavy atom. The molecule has 6 heteroatoms. The van der Waals surface area contributed by atoms with Crippen molar-refractivity contribution in [2.24, 2.45) is 5.73 Å². The van der Waals surface area contributed by atoms with E-state index in [0.717, 1.165) is 18.7 Å². The van der Waals surface area contributed by atoms with Crippen molar-refractivity contribution in [3.8, 4) is 5.88 Å². The number of rotatable bonds is 2. The molecule has 0 unspecified atom stereocenters. The van der Waals surface area contributed by atoms with Crippen LogP contribution in [0.15, 0.2) is 12.4 Å². The Hall–Kier alpha value is -1.69. The lowest BCUT2D eigenvalue weighted by Crippen LogP contribution is -2.43. The van der Waals surface area contributed by atoms with Gasteiger partial charge in [-0.05, 0) is 19.8 Å². The fourth-order valence-electron chi connectivity index (χ4n) is 1.86. The average Bonchev–Trinajstić information content (AvgIpc) is 2.60. The van der Waals surface area contributed by atoms with Crippen molar-refractivity contribution in [3.63, 3.8) is 0 Å². The van der Waals surface area contributed by atoms with Crippen molar-refractivity contribution in [1.29, 1.82) is 0 Å². The molecule has 2 aromatic rings. The summed E-state index contributed by atoms with van der Waals surface area (Å²) in [7, 11) is 0. The molecule has 1 fully saturated rings. The lowest BCUT2D eigenvalue weighted by Gasteiger charge is -2.31. The first-order valence-corrected chi connectivity index (χ1v) is 5.32. The van der Waals surface area contributed by atoms with Gasteiger partial charge in [0, 0.05) is 18.4 Å². The molecule has 0 atom stereocenters. The van der Waals surface area contributed by atoms with Crippen LogP contribution >= 0.6 is 0 Å². The average molecular weight is 219 g/mol. The Bertz CT molecular complexity index is 517. The van der Waals surface area contributed by atoms with Gasteiger partial charge in [-0.3, -0.25) is 4.40 Å². The summed E-state index contributed by atoms with van der Waals surface area (Å²) in [4.78, 5) is 4.18. The van der Waals surface area contributed by atoms with Gasteiger partial charge in [-0.15, -0.1) is 10.2 Å². The zero-order valence-electron chi connectivity index (χ0n) is 9.00. The molecular weight excluding hydrogens is 206 g/mol. The number of nitrogens with zero attached hydrogens (tertiary/aromatic N) is 4. The Labute approximate surface area is 92.4 Å².